The summed E-state index contributed by atoms with van der Waals surface area (Å²) < 4.78 is 6.01. The Morgan fingerprint density at radius 3 is 2.52 bits per heavy atom. The van der Waals surface area contributed by atoms with Crippen LogP contribution in [0.15, 0.2) is 42.5 Å². The van der Waals surface area contributed by atoms with Gasteiger partial charge in [0, 0.05) is 31.0 Å². The van der Waals surface area contributed by atoms with Gasteiger partial charge in [-0.15, -0.1) is 0 Å². The van der Waals surface area contributed by atoms with Gasteiger partial charge >= 0.3 is 0 Å². The fourth-order valence-corrected chi connectivity index (χ4v) is 2.88. The first-order valence-corrected chi connectivity index (χ1v) is 8.32. The zero-order valence-electron chi connectivity index (χ0n) is 13.2. The molecule has 2 aromatic rings. The van der Waals surface area contributed by atoms with Crippen molar-refractivity contribution in [1.82, 2.24) is 4.98 Å². The van der Waals surface area contributed by atoms with Crippen LogP contribution in [-0.4, -0.2) is 29.3 Å². The van der Waals surface area contributed by atoms with Crippen LogP contribution in [0.4, 0.5) is 5.82 Å². The third-order valence-corrected chi connectivity index (χ3v) is 4.32. The fraction of sp³-hybridized carbons (Fsp3) is 0.389. The van der Waals surface area contributed by atoms with Crippen molar-refractivity contribution in [2.45, 2.75) is 32.0 Å². The van der Waals surface area contributed by atoms with E-state index in [2.05, 4.69) is 9.88 Å². The van der Waals surface area contributed by atoms with Crippen molar-refractivity contribution in [3.63, 3.8) is 0 Å². The lowest BCUT2D eigenvalue weighted by atomic mass is 10.1. The monoisotopic (exact) mass is 332 g/mol. The number of halogens is 1. The van der Waals surface area contributed by atoms with Crippen molar-refractivity contribution in [2.24, 2.45) is 0 Å². The summed E-state index contributed by atoms with van der Waals surface area (Å²) in [5.41, 5.74) is 0.710. The smallest absolute Gasteiger partial charge is 0.128 e. The predicted octanol–water partition coefficient (Wildman–Crippen LogP) is 3.84. The van der Waals surface area contributed by atoms with Gasteiger partial charge in [-0.2, -0.15) is 0 Å². The van der Waals surface area contributed by atoms with Gasteiger partial charge in [-0.25, -0.2) is 4.98 Å². The molecule has 0 radical (unpaired) electrons. The van der Waals surface area contributed by atoms with Crippen LogP contribution >= 0.6 is 11.6 Å². The number of rotatable bonds is 4. The molecule has 3 rings (SSSR count). The number of aromatic nitrogens is 1. The van der Waals surface area contributed by atoms with Gasteiger partial charge in [-0.3, -0.25) is 0 Å². The molecule has 0 aliphatic carbocycles. The third kappa shape index (κ3) is 4.15. The lowest BCUT2D eigenvalue weighted by Gasteiger charge is -2.33. The van der Waals surface area contributed by atoms with E-state index in [1.165, 1.54) is 0 Å². The second-order valence-corrected chi connectivity index (χ2v) is 6.29. The zero-order chi connectivity index (χ0) is 16.2. The highest BCUT2D eigenvalue weighted by atomic mass is 35.5. The molecule has 1 N–H and O–H groups in total. The number of nitrogens with zero attached hydrogens (tertiary/aromatic N) is 2. The number of hydrogen-bond donors (Lipinski definition) is 1. The van der Waals surface area contributed by atoms with Gasteiger partial charge < -0.3 is 14.7 Å². The van der Waals surface area contributed by atoms with Gasteiger partial charge in [0.25, 0.3) is 0 Å². The van der Waals surface area contributed by atoms with E-state index in [1.54, 1.807) is 6.92 Å². The molecule has 122 valence electrons. The molecule has 0 spiro atoms. The molecule has 1 aliphatic heterocycles. The van der Waals surface area contributed by atoms with Crippen molar-refractivity contribution in [3.05, 3.63) is 53.2 Å². The highest BCUT2D eigenvalue weighted by Gasteiger charge is 2.21. The van der Waals surface area contributed by atoms with Crippen LogP contribution < -0.4 is 9.64 Å². The van der Waals surface area contributed by atoms with Crippen molar-refractivity contribution in [1.29, 1.82) is 0 Å². The van der Waals surface area contributed by atoms with Crippen LogP contribution in [0, 0.1) is 0 Å². The Morgan fingerprint density at radius 2 is 1.87 bits per heavy atom. The maximum Gasteiger partial charge on any atom is 0.128 e. The Labute approximate surface area is 141 Å². The van der Waals surface area contributed by atoms with E-state index in [-0.39, 0.29) is 6.10 Å². The van der Waals surface area contributed by atoms with Crippen molar-refractivity contribution >= 4 is 17.4 Å². The molecule has 5 heteroatoms. The number of anilines is 1. The molecule has 0 amide bonds. The number of hydrogen-bond acceptors (Lipinski definition) is 4. The molecular formula is C18H21ClN2O2. The highest BCUT2D eigenvalue weighted by Crippen LogP contribution is 2.24. The molecule has 1 saturated heterocycles. The first-order valence-electron chi connectivity index (χ1n) is 7.94. The van der Waals surface area contributed by atoms with Gasteiger partial charge in [0.15, 0.2) is 0 Å². The minimum Gasteiger partial charge on any atom is -0.490 e. The Hall–Kier alpha value is -1.78. The van der Waals surface area contributed by atoms with Crippen LogP contribution in [-0.2, 0) is 0 Å². The standard InChI is InChI=1S/C18H21ClN2O2/c1-13(22)17-3-2-4-18(20-17)21-11-9-16(10-12-21)23-15-7-5-14(19)6-8-15/h2-8,13,16,22H,9-12H2,1H3/t13-/m1/s1. The molecule has 1 aromatic carbocycles. The third-order valence-electron chi connectivity index (χ3n) is 4.07. The molecule has 1 aromatic heterocycles. The van der Waals surface area contributed by atoms with E-state index in [0.29, 0.717) is 5.69 Å². The van der Waals surface area contributed by atoms with E-state index in [9.17, 15) is 5.11 Å². The molecule has 1 atom stereocenters. The molecule has 0 unspecified atom stereocenters. The molecule has 2 heterocycles. The molecule has 0 saturated carbocycles. The lowest BCUT2D eigenvalue weighted by molar-refractivity contribution is 0.170. The fourth-order valence-electron chi connectivity index (χ4n) is 2.76. The van der Waals surface area contributed by atoms with Crippen LogP contribution in [0.1, 0.15) is 31.6 Å². The van der Waals surface area contributed by atoms with Crippen molar-refractivity contribution in [2.75, 3.05) is 18.0 Å². The van der Waals surface area contributed by atoms with E-state index < -0.39 is 6.10 Å². The summed E-state index contributed by atoms with van der Waals surface area (Å²) in [5.74, 6) is 1.79. The van der Waals surface area contributed by atoms with Crippen LogP contribution in [0.25, 0.3) is 0 Å². The van der Waals surface area contributed by atoms with E-state index >= 15 is 0 Å². The summed E-state index contributed by atoms with van der Waals surface area (Å²) in [7, 11) is 0. The van der Waals surface area contributed by atoms with Crippen LogP contribution in [0.5, 0.6) is 5.75 Å². The van der Waals surface area contributed by atoms with E-state index in [0.717, 1.165) is 42.5 Å². The Kier molecular flexibility index (Phi) is 5.03. The first kappa shape index (κ1) is 16.1. The van der Waals surface area contributed by atoms with Gasteiger partial charge in [0.1, 0.15) is 17.7 Å². The number of pyridine rings is 1. The average Bonchev–Trinajstić information content (AvgIpc) is 2.58. The maximum absolute atomic E-state index is 9.66. The molecule has 1 fully saturated rings. The van der Waals surface area contributed by atoms with Crippen molar-refractivity contribution < 1.29 is 9.84 Å². The topological polar surface area (TPSA) is 45.6 Å². The summed E-state index contributed by atoms with van der Waals surface area (Å²) in [6.45, 7) is 3.53. The number of piperidine rings is 1. The summed E-state index contributed by atoms with van der Waals surface area (Å²) in [5, 5.41) is 10.4. The summed E-state index contributed by atoms with van der Waals surface area (Å²) in [4.78, 5) is 6.78. The Morgan fingerprint density at radius 1 is 1.17 bits per heavy atom. The molecule has 1 aliphatic rings. The number of benzene rings is 1. The normalized spacial score (nSPS) is 17.1. The zero-order valence-corrected chi connectivity index (χ0v) is 13.9. The predicted molar refractivity (Wildman–Crippen MR) is 92.2 cm³/mol. The van der Waals surface area contributed by atoms with Gasteiger partial charge in [0.2, 0.25) is 0 Å². The lowest BCUT2D eigenvalue weighted by Crippen LogP contribution is -2.38. The maximum atomic E-state index is 9.66. The second kappa shape index (κ2) is 7.20. The summed E-state index contributed by atoms with van der Waals surface area (Å²) >= 11 is 5.89. The molecule has 23 heavy (non-hydrogen) atoms. The Bertz CT molecular complexity index is 638. The average molecular weight is 333 g/mol. The summed E-state index contributed by atoms with van der Waals surface area (Å²) in [6.07, 6.45) is 1.57. The minimum absolute atomic E-state index is 0.215. The Balaban J connectivity index is 1.58. The second-order valence-electron chi connectivity index (χ2n) is 5.85. The number of aliphatic hydroxyl groups excluding tert-OH is 1. The van der Waals surface area contributed by atoms with Gasteiger partial charge in [-0.1, -0.05) is 17.7 Å². The van der Waals surface area contributed by atoms with Crippen LogP contribution in [0.2, 0.25) is 5.02 Å². The highest BCUT2D eigenvalue weighted by molar-refractivity contribution is 6.30. The molecular weight excluding hydrogens is 312 g/mol. The molecule has 4 nitrogen and oxygen atoms in total. The minimum atomic E-state index is -0.541. The summed E-state index contributed by atoms with van der Waals surface area (Å²) in [6, 6.07) is 13.3. The van der Waals surface area contributed by atoms with Crippen LogP contribution in [0.3, 0.4) is 0 Å². The van der Waals surface area contributed by atoms with Crippen molar-refractivity contribution in [3.8, 4) is 5.75 Å². The quantitative estimate of drug-likeness (QED) is 0.924. The van der Waals surface area contributed by atoms with Gasteiger partial charge in [0.05, 0.1) is 11.8 Å². The molecule has 0 bridgehead atoms. The van der Waals surface area contributed by atoms with E-state index in [1.807, 2.05) is 42.5 Å². The van der Waals surface area contributed by atoms with Gasteiger partial charge in [-0.05, 0) is 43.3 Å². The number of ether oxygens (including phenoxy) is 1. The largest absolute Gasteiger partial charge is 0.490 e. The SMILES string of the molecule is C[C@@H](O)c1cccc(N2CCC(Oc3ccc(Cl)cc3)CC2)n1. The first-order chi connectivity index (χ1) is 11.1. The van der Waals surface area contributed by atoms with E-state index in [4.69, 9.17) is 16.3 Å². The number of aliphatic hydroxyl groups is 1.